The van der Waals surface area contributed by atoms with Gasteiger partial charge < -0.3 is 15.5 Å². The molecular formula is C21H17F7N2O6S. The summed E-state index contributed by atoms with van der Waals surface area (Å²) in [5, 5.41) is 20.8. The van der Waals surface area contributed by atoms with Crippen molar-refractivity contribution < 1.29 is 59.0 Å². The summed E-state index contributed by atoms with van der Waals surface area (Å²) in [5.41, 5.74) is -7.86. The van der Waals surface area contributed by atoms with E-state index in [-0.39, 0.29) is 41.1 Å². The van der Waals surface area contributed by atoms with Gasteiger partial charge in [0.1, 0.15) is 11.9 Å². The Morgan fingerprint density at radius 2 is 1.62 bits per heavy atom. The average molecular weight is 558 g/mol. The van der Waals surface area contributed by atoms with Gasteiger partial charge in [-0.3, -0.25) is 9.69 Å². The molecule has 37 heavy (non-hydrogen) atoms. The molecule has 3 N–H and O–H groups in total. The summed E-state index contributed by atoms with van der Waals surface area (Å²) in [4.78, 5) is 25.2. The number of amides is 2. The number of hydrogen-bond acceptors (Lipinski definition) is 5. The second-order valence-corrected chi connectivity index (χ2v) is 10.2. The summed E-state index contributed by atoms with van der Waals surface area (Å²) in [6.07, 6.45) is -13.2. The van der Waals surface area contributed by atoms with E-state index in [1.54, 1.807) is 0 Å². The fourth-order valence-electron chi connectivity index (χ4n) is 3.85. The average Bonchev–Trinajstić information content (AvgIpc) is 2.76. The second kappa shape index (κ2) is 9.16. The van der Waals surface area contributed by atoms with Gasteiger partial charge in [-0.25, -0.2) is 17.6 Å². The molecule has 0 saturated heterocycles. The van der Waals surface area contributed by atoms with E-state index in [1.165, 1.54) is 12.1 Å². The summed E-state index contributed by atoms with van der Waals surface area (Å²) in [7, 11) is -3.66. The van der Waals surface area contributed by atoms with Gasteiger partial charge in [0.25, 0.3) is 11.5 Å². The molecular weight excluding hydrogens is 541 g/mol. The van der Waals surface area contributed by atoms with Crippen LogP contribution in [-0.4, -0.2) is 60.7 Å². The molecule has 1 aliphatic heterocycles. The molecule has 0 bridgehead atoms. The molecule has 1 heterocycles. The van der Waals surface area contributed by atoms with Crippen molar-refractivity contribution in [2.24, 2.45) is 0 Å². The lowest BCUT2D eigenvalue weighted by Gasteiger charge is -2.34. The van der Waals surface area contributed by atoms with E-state index in [1.807, 2.05) is 5.32 Å². The highest BCUT2D eigenvalue weighted by atomic mass is 32.2. The van der Waals surface area contributed by atoms with Gasteiger partial charge in [0.05, 0.1) is 10.6 Å². The first kappa shape index (κ1) is 28.2. The maximum Gasteiger partial charge on any atom is 0.430 e. The molecule has 1 aliphatic rings. The Morgan fingerprint density at radius 3 is 2.11 bits per heavy atom. The predicted molar refractivity (Wildman–Crippen MR) is 112 cm³/mol. The number of nitrogens with one attached hydrogen (secondary N) is 1. The number of alkyl halides is 6. The van der Waals surface area contributed by atoms with Crippen molar-refractivity contribution >= 4 is 27.5 Å². The zero-order valence-corrected chi connectivity index (χ0v) is 19.3. The van der Waals surface area contributed by atoms with Crippen molar-refractivity contribution in [3.8, 4) is 0 Å². The van der Waals surface area contributed by atoms with Crippen molar-refractivity contribution in [3.05, 3.63) is 58.9 Å². The second-order valence-electron chi connectivity index (χ2n) is 8.15. The van der Waals surface area contributed by atoms with Crippen LogP contribution in [0.25, 0.3) is 0 Å². The molecule has 2 aromatic rings. The third-order valence-corrected chi connectivity index (χ3v) is 6.84. The van der Waals surface area contributed by atoms with Crippen LogP contribution in [0, 0.1) is 5.82 Å². The van der Waals surface area contributed by atoms with Gasteiger partial charge in [-0.05, 0) is 41.8 Å². The van der Waals surface area contributed by atoms with Gasteiger partial charge in [-0.2, -0.15) is 26.3 Å². The largest absolute Gasteiger partial charge is 0.465 e. The lowest BCUT2D eigenvalue weighted by molar-refractivity contribution is -0.376. The number of fused-ring (bicyclic) bond motifs is 1. The van der Waals surface area contributed by atoms with Crippen molar-refractivity contribution in [2.75, 3.05) is 18.1 Å². The van der Waals surface area contributed by atoms with Gasteiger partial charge in [0, 0.05) is 18.4 Å². The van der Waals surface area contributed by atoms with Crippen LogP contribution in [0.2, 0.25) is 0 Å². The van der Waals surface area contributed by atoms with Crippen LogP contribution in [-0.2, 0) is 26.7 Å². The van der Waals surface area contributed by atoms with Gasteiger partial charge in [0.2, 0.25) is 0 Å². The zero-order valence-electron chi connectivity index (χ0n) is 18.5. The van der Waals surface area contributed by atoms with E-state index >= 15 is 0 Å². The van der Waals surface area contributed by atoms with Crippen molar-refractivity contribution in [1.82, 2.24) is 4.90 Å². The Bertz CT molecular complexity index is 1340. The number of sulfone groups is 1. The lowest BCUT2D eigenvalue weighted by atomic mass is 9.91. The summed E-state index contributed by atoms with van der Waals surface area (Å²) in [6.45, 7) is -0.279. The molecule has 16 heteroatoms. The zero-order chi connectivity index (χ0) is 28.1. The van der Waals surface area contributed by atoms with Gasteiger partial charge >= 0.3 is 18.4 Å². The Kier molecular flexibility index (Phi) is 6.98. The highest BCUT2D eigenvalue weighted by molar-refractivity contribution is 7.90. The Morgan fingerprint density at radius 1 is 1.03 bits per heavy atom. The third-order valence-electron chi connectivity index (χ3n) is 5.73. The van der Waals surface area contributed by atoms with E-state index in [0.29, 0.717) is 11.0 Å². The van der Waals surface area contributed by atoms with E-state index < -0.39 is 62.9 Å². The quantitative estimate of drug-likeness (QED) is 0.491. The first-order chi connectivity index (χ1) is 16.8. The molecule has 2 amide bonds. The van der Waals surface area contributed by atoms with Crippen LogP contribution in [0.4, 0.5) is 41.2 Å². The van der Waals surface area contributed by atoms with Crippen LogP contribution in [0.15, 0.2) is 41.3 Å². The number of nitrogens with zero attached hydrogens (tertiary/aromatic N) is 1. The summed E-state index contributed by atoms with van der Waals surface area (Å²) < 4.78 is 117. The molecule has 0 saturated carbocycles. The maximum absolute atomic E-state index is 14.6. The fourth-order valence-corrected chi connectivity index (χ4v) is 4.52. The molecule has 3 rings (SSSR count). The normalized spacial score (nSPS) is 16.8. The molecule has 2 aromatic carbocycles. The minimum atomic E-state index is -6.26. The molecule has 0 aliphatic carbocycles. The molecule has 1 atom stereocenters. The maximum atomic E-state index is 14.6. The standard InChI is InChI=1S/C21H17F7N2O6S/c1-37(35,36)12-3-4-13-10(8-12)6-7-30(18(32)33)16(13)17(31)29-15-5-2-11(9-14(15)22)19(34,20(23,24)25)21(26,27)28/h2-5,8-9,16,34H,6-7H2,1H3,(H,29,31)(H,32,33). The predicted octanol–water partition coefficient (Wildman–Crippen LogP) is 3.76. The number of carboxylic acid groups (broad SMARTS) is 1. The SMILES string of the molecule is CS(=O)(=O)c1ccc2c(c1)CCN(C(=O)O)C2C(=O)Nc1ccc(C(O)(C(F)(F)F)C(F)(F)F)cc1F. The molecule has 8 nitrogen and oxygen atoms in total. The van der Waals surface area contributed by atoms with Gasteiger partial charge in [-0.15, -0.1) is 0 Å². The number of halogens is 7. The van der Waals surface area contributed by atoms with Crippen LogP contribution in [0.1, 0.15) is 22.7 Å². The molecule has 0 radical (unpaired) electrons. The molecule has 0 aromatic heterocycles. The van der Waals surface area contributed by atoms with E-state index in [0.717, 1.165) is 12.3 Å². The summed E-state index contributed by atoms with van der Waals surface area (Å²) >= 11 is 0. The fraction of sp³-hybridized carbons (Fsp3) is 0.333. The Hall–Kier alpha value is -3.40. The van der Waals surface area contributed by atoms with Crippen molar-refractivity contribution in [2.45, 2.75) is 35.3 Å². The number of anilines is 1. The van der Waals surface area contributed by atoms with Crippen LogP contribution >= 0.6 is 0 Å². The summed E-state index contributed by atoms with van der Waals surface area (Å²) in [6, 6.07) is 2.08. The molecule has 0 spiro atoms. The topological polar surface area (TPSA) is 124 Å². The molecule has 202 valence electrons. The number of rotatable bonds is 4. The van der Waals surface area contributed by atoms with Gasteiger partial charge in [-0.1, -0.05) is 12.1 Å². The number of carbonyl (C=O) groups excluding carboxylic acids is 1. The number of aliphatic hydroxyl groups is 1. The van der Waals surface area contributed by atoms with Crippen molar-refractivity contribution in [1.29, 1.82) is 0 Å². The first-order valence-corrected chi connectivity index (χ1v) is 12.0. The molecule has 1 unspecified atom stereocenters. The lowest BCUT2D eigenvalue weighted by Crippen LogP contribution is -2.54. The Labute approximate surface area is 204 Å². The third kappa shape index (κ3) is 5.07. The van der Waals surface area contributed by atoms with E-state index in [2.05, 4.69) is 0 Å². The Balaban J connectivity index is 2.00. The minimum Gasteiger partial charge on any atom is -0.465 e. The number of hydrogen-bond donors (Lipinski definition) is 3. The van der Waals surface area contributed by atoms with E-state index in [4.69, 9.17) is 0 Å². The van der Waals surface area contributed by atoms with Crippen molar-refractivity contribution in [3.63, 3.8) is 0 Å². The number of benzene rings is 2. The highest BCUT2D eigenvalue weighted by Gasteiger charge is 2.71. The first-order valence-electron chi connectivity index (χ1n) is 10.1. The highest BCUT2D eigenvalue weighted by Crippen LogP contribution is 2.50. The molecule has 0 fully saturated rings. The monoisotopic (exact) mass is 558 g/mol. The summed E-state index contributed by atoms with van der Waals surface area (Å²) in [5.74, 6) is -2.99. The van der Waals surface area contributed by atoms with Crippen LogP contribution in [0.5, 0.6) is 0 Å². The minimum absolute atomic E-state index is 0.0191. The van der Waals surface area contributed by atoms with Crippen LogP contribution < -0.4 is 5.32 Å². The smallest absolute Gasteiger partial charge is 0.430 e. The van der Waals surface area contributed by atoms with E-state index in [9.17, 15) is 59.0 Å². The number of carbonyl (C=O) groups is 2. The van der Waals surface area contributed by atoms with Gasteiger partial charge in [0.15, 0.2) is 9.84 Å². The van der Waals surface area contributed by atoms with Crippen LogP contribution in [0.3, 0.4) is 0 Å².